The molecule has 8 nitrogen and oxygen atoms in total. The van der Waals surface area contributed by atoms with Crippen LogP contribution >= 0.6 is 0 Å². The molecule has 33 heavy (non-hydrogen) atoms. The summed E-state index contributed by atoms with van der Waals surface area (Å²) in [6, 6.07) is 0. The standard InChI is InChI=1S/C10H16O2.C7H12O2.2C4H8O2/c1-3-4-5-6-7-8-9-10(11)12-2;1-3-4-5-6-7(8)9-2;2*1-3-4(5)6-2/h4-5,7-8H,3,6,9H2,1-2H3;4-5H,3,6H2,1-2H3;2*3H2,1-2H3/b5-4+,8-7+;5-4-;;. The number of methoxy groups -OCH3 is 4. The summed E-state index contributed by atoms with van der Waals surface area (Å²) >= 11 is 0. The minimum absolute atomic E-state index is 0.157. The number of carbonyl (C=O) groups excluding carboxylic acids is 4. The van der Waals surface area contributed by atoms with Crippen LogP contribution in [0.25, 0.3) is 0 Å². The number of carbonyl (C=O) groups is 4. The van der Waals surface area contributed by atoms with Crippen molar-refractivity contribution >= 4 is 23.9 Å². The van der Waals surface area contributed by atoms with Crippen molar-refractivity contribution in [3.05, 3.63) is 36.5 Å². The largest absolute Gasteiger partial charge is 0.469 e. The number of ether oxygens (including phenoxy) is 4. The Kier molecular flexibility index (Phi) is 38.2. The van der Waals surface area contributed by atoms with Crippen molar-refractivity contribution in [2.45, 2.75) is 72.6 Å². The second-order valence-electron chi connectivity index (χ2n) is 5.89. The molecule has 0 N–H and O–H groups in total. The van der Waals surface area contributed by atoms with E-state index in [4.69, 9.17) is 0 Å². The third kappa shape index (κ3) is 43.8. The molecule has 0 bridgehead atoms. The molecule has 0 rings (SSSR count). The maximum Gasteiger partial charge on any atom is 0.309 e. The molecule has 0 aromatic heterocycles. The van der Waals surface area contributed by atoms with Gasteiger partial charge in [0.05, 0.1) is 41.3 Å². The first-order valence-corrected chi connectivity index (χ1v) is 11.0. The predicted molar refractivity (Wildman–Crippen MR) is 130 cm³/mol. The summed E-state index contributed by atoms with van der Waals surface area (Å²) < 4.78 is 17.4. The Morgan fingerprint density at radius 3 is 1.06 bits per heavy atom. The molecule has 0 radical (unpaired) electrons. The molecule has 0 aliphatic heterocycles. The summed E-state index contributed by atoms with van der Waals surface area (Å²) in [6.07, 6.45) is 16.3. The Labute approximate surface area is 200 Å². The molecule has 0 saturated carbocycles. The van der Waals surface area contributed by atoms with Crippen molar-refractivity contribution in [1.29, 1.82) is 0 Å². The lowest BCUT2D eigenvalue weighted by Gasteiger charge is -1.90. The summed E-state index contributed by atoms with van der Waals surface area (Å²) in [7, 11) is 5.55. The van der Waals surface area contributed by atoms with Gasteiger partial charge in [-0.25, -0.2) is 0 Å². The maximum absolute atomic E-state index is 10.6. The first kappa shape index (κ1) is 37.4. The van der Waals surface area contributed by atoms with Gasteiger partial charge < -0.3 is 18.9 Å². The highest BCUT2D eigenvalue weighted by molar-refractivity contribution is 5.71. The van der Waals surface area contributed by atoms with Gasteiger partial charge in [-0.2, -0.15) is 0 Å². The normalized spacial score (nSPS) is 9.58. The van der Waals surface area contributed by atoms with Gasteiger partial charge in [0.25, 0.3) is 0 Å². The van der Waals surface area contributed by atoms with E-state index in [0.29, 0.717) is 25.7 Å². The van der Waals surface area contributed by atoms with Gasteiger partial charge in [0.15, 0.2) is 0 Å². The smallest absolute Gasteiger partial charge is 0.309 e. The van der Waals surface area contributed by atoms with Crippen LogP contribution in [0.3, 0.4) is 0 Å². The van der Waals surface area contributed by atoms with Gasteiger partial charge in [-0.3, -0.25) is 19.2 Å². The van der Waals surface area contributed by atoms with Gasteiger partial charge in [-0.05, 0) is 19.3 Å². The van der Waals surface area contributed by atoms with Gasteiger partial charge in [0, 0.05) is 12.8 Å². The first-order valence-electron chi connectivity index (χ1n) is 11.0. The Hall–Kier alpha value is -2.90. The zero-order chi connectivity index (χ0) is 26.3. The lowest BCUT2D eigenvalue weighted by molar-refractivity contribution is -0.141. The molecule has 0 saturated heterocycles. The number of hydrogen-bond acceptors (Lipinski definition) is 8. The van der Waals surface area contributed by atoms with Crippen LogP contribution in [0, 0.1) is 0 Å². The minimum atomic E-state index is -0.189. The van der Waals surface area contributed by atoms with Crippen molar-refractivity contribution in [2.75, 3.05) is 28.4 Å². The highest BCUT2D eigenvalue weighted by Gasteiger charge is 1.92. The van der Waals surface area contributed by atoms with Gasteiger partial charge >= 0.3 is 23.9 Å². The zero-order valence-electron chi connectivity index (χ0n) is 21.7. The van der Waals surface area contributed by atoms with Crippen molar-refractivity contribution in [3.8, 4) is 0 Å². The average Bonchev–Trinajstić information content (AvgIpc) is 2.85. The number of allylic oxidation sites excluding steroid dienone is 4. The zero-order valence-corrected chi connectivity index (χ0v) is 21.7. The quantitative estimate of drug-likeness (QED) is 0.245. The average molecular weight is 473 g/mol. The Balaban J connectivity index is -0.000000178. The molecule has 0 atom stereocenters. The monoisotopic (exact) mass is 472 g/mol. The van der Waals surface area contributed by atoms with Gasteiger partial charge in [-0.15, -0.1) is 0 Å². The maximum atomic E-state index is 10.6. The molecule has 0 fully saturated rings. The van der Waals surface area contributed by atoms with Gasteiger partial charge in [0.1, 0.15) is 0 Å². The molecule has 0 aromatic carbocycles. The lowest BCUT2D eigenvalue weighted by atomic mass is 10.3. The third-order valence-electron chi connectivity index (χ3n) is 3.30. The number of hydrogen-bond donors (Lipinski definition) is 0. The number of rotatable bonds is 10. The molecule has 0 spiro atoms. The van der Waals surface area contributed by atoms with Crippen molar-refractivity contribution in [2.24, 2.45) is 0 Å². The van der Waals surface area contributed by atoms with Crippen LogP contribution in [0.4, 0.5) is 0 Å². The Morgan fingerprint density at radius 1 is 0.485 bits per heavy atom. The van der Waals surface area contributed by atoms with E-state index in [1.165, 1.54) is 28.4 Å². The first-order chi connectivity index (χ1) is 15.7. The molecular formula is C25H44O8. The van der Waals surface area contributed by atoms with Gasteiger partial charge in [0.2, 0.25) is 0 Å². The second-order valence-corrected chi connectivity index (χ2v) is 5.89. The fourth-order valence-electron chi connectivity index (χ4n) is 1.42. The number of esters is 4. The van der Waals surface area contributed by atoms with Crippen LogP contribution in [0.15, 0.2) is 36.5 Å². The predicted octanol–water partition coefficient (Wildman–Crippen LogP) is 5.12. The summed E-state index contributed by atoms with van der Waals surface area (Å²) in [5.41, 5.74) is 0. The van der Waals surface area contributed by atoms with Gasteiger partial charge in [-0.1, -0.05) is 64.2 Å². The van der Waals surface area contributed by atoms with E-state index in [-0.39, 0.29) is 23.9 Å². The fourth-order valence-corrected chi connectivity index (χ4v) is 1.42. The van der Waals surface area contributed by atoms with Crippen molar-refractivity contribution in [3.63, 3.8) is 0 Å². The van der Waals surface area contributed by atoms with E-state index < -0.39 is 0 Å². The van der Waals surface area contributed by atoms with E-state index in [1.54, 1.807) is 13.8 Å². The van der Waals surface area contributed by atoms with E-state index in [0.717, 1.165) is 19.3 Å². The molecule has 8 heteroatoms. The van der Waals surface area contributed by atoms with E-state index >= 15 is 0 Å². The summed E-state index contributed by atoms with van der Waals surface area (Å²) in [4.78, 5) is 40.9. The van der Waals surface area contributed by atoms with Crippen LogP contribution in [-0.4, -0.2) is 52.3 Å². The van der Waals surface area contributed by atoms with Crippen LogP contribution in [0.2, 0.25) is 0 Å². The van der Waals surface area contributed by atoms with Crippen LogP contribution in [0.5, 0.6) is 0 Å². The van der Waals surface area contributed by atoms with Crippen LogP contribution in [0.1, 0.15) is 72.6 Å². The van der Waals surface area contributed by atoms with E-state index in [9.17, 15) is 19.2 Å². The highest BCUT2D eigenvalue weighted by Crippen LogP contribution is 1.92. The molecule has 0 aliphatic carbocycles. The SMILES string of the molecule is CC/C=C/C/C=C/CC(=O)OC.CC/C=C\CC(=O)OC.CCC(=O)OC.CCC(=O)OC. The van der Waals surface area contributed by atoms with Crippen molar-refractivity contribution < 1.29 is 38.1 Å². The lowest BCUT2D eigenvalue weighted by Crippen LogP contribution is -1.96. The fraction of sp³-hybridized carbons (Fsp3) is 0.600. The van der Waals surface area contributed by atoms with Crippen molar-refractivity contribution in [1.82, 2.24) is 0 Å². The summed E-state index contributed by atoms with van der Waals surface area (Å²) in [5.74, 6) is -0.685. The molecule has 0 unspecified atom stereocenters. The van der Waals surface area contributed by atoms with Crippen LogP contribution in [-0.2, 0) is 38.1 Å². The molecule has 192 valence electrons. The Morgan fingerprint density at radius 2 is 0.788 bits per heavy atom. The molecular weight excluding hydrogens is 428 g/mol. The van der Waals surface area contributed by atoms with E-state index in [2.05, 4.69) is 38.0 Å². The van der Waals surface area contributed by atoms with E-state index in [1.807, 2.05) is 31.2 Å². The Bertz CT molecular complexity index is 535. The topological polar surface area (TPSA) is 105 Å². The second kappa shape index (κ2) is 33.7. The minimum Gasteiger partial charge on any atom is -0.469 e. The highest BCUT2D eigenvalue weighted by atomic mass is 16.5. The summed E-state index contributed by atoms with van der Waals surface area (Å²) in [5, 5.41) is 0. The molecule has 0 amide bonds. The summed E-state index contributed by atoms with van der Waals surface area (Å²) in [6.45, 7) is 7.63. The molecule has 0 aliphatic rings. The molecule has 0 aromatic rings. The van der Waals surface area contributed by atoms with Crippen LogP contribution < -0.4 is 0 Å². The molecule has 0 heterocycles. The third-order valence-corrected chi connectivity index (χ3v) is 3.30.